The third-order valence-corrected chi connectivity index (χ3v) is 4.60. The first-order chi connectivity index (χ1) is 8.57. The Kier molecular flexibility index (Phi) is 5.82. The summed E-state index contributed by atoms with van der Waals surface area (Å²) < 4.78 is 28.3. The van der Waals surface area contributed by atoms with Crippen molar-refractivity contribution in [1.82, 2.24) is 0 Å². The van der Waals surface area contributed by atoms with Gasteiger partial charge in [-0.2, -0.15) is 0 Å². The van der Waals surface area contributed by atoms with Crippen molar-refractivity contribution in [3.63, 3.8) is 0 Å². The van der Waals surface area contributed by atoms with Gasteiger partial charge in [0.25, 0.3) is 0 Å². The van der Waals surface area contributed by atoms with Crippen LogP contribution in [-0.4, -0.2) is 25.4 Å². The molecule has 0 saturated heterocycles. The lowest BCUT2D eigenvalue weighted by atomic mass is 10.2. The molecule has 0 aliphatic carbocycles. The number of ether oxygens (including phenoxy) is 1. The van der Waals surface area contributed by atoms with Crippen molar-refractivity contribution in [3.05, 3.63) is 29.8 Å². The molecule has 1 N–H and O–H groups in total. The van der Waals surface area contributed by atoms with Gasteiger partial charge in [0.1, 0.15) is 5.75 Å². The average molecular weight is 274 g/mol. The van der Waals surface area contributed by atoms with Gasteiger partial charge < -0.3 is 18.9 Å². The first-order valence-electron chi connectivity index (χ1n) is 5.78. The molecule has 0 saturated carbocycles. The fourth-order valence-corrected chi connectivity index (χ4v) is 3.51. The standard InChI is InChI=1S/C12H19O5P/c1-4-16-18(14,17-5-2)12(15-3)10-7-6-8-11(13)9-10/h6-9,12-13H,4-5H2,1-3H3. The molecule has 1 unspecified atom stereocenters. The van der Waals surface area contributed by atoms with Crippen LogP contribution >= 0.6 is 7.60 Å². The fourth-order valence-electron chi connectivity index (χ4n) is 1.66. The van der Waals surface area contributed by atoms with E-state index in [1.807, 2.05) is 0 Å². The molecule has 0 aliphatic heterocycles. The minimum absolute atomic E-state index is 0.0779. The van der Waals surface area contributed by atoms with E-state index in [0.29, 0.717) is 5.56 Å². The first kappa shape index (κ1) is 15.2. The molecule has 0 bridgehead atoms. The van der Waals surface area contributed by atoms with Crippen molar-refractivity contribution < 1.29 is 23.5 Å². The molecule has 0 aliphatic rings. The highest BCUT2D eigenvalue weighted by atomic mass is 31.2. The minimum Gasteiger partial charge on any atom is -0.508 e. The second-order valence-electron chi connectivity index (χ2n) is 3.56. The Morgan fingerprint density at radius 3 is 2.33 bits per heavy atom. The van der Waals surface area contributed by atoms with Crippen LogP contribution in [0.2, 0.25) is 0 Å². The predicted octanol–water partition coefficient (Wildman–Crippen LogP) is 3.30. The maximum absolute atomic E-state index is 12.6. The molecule has 102 valence electrons. The second-order valence-corrected chi connectivity index (χ2v) is 5.62. The Morgan fingerprint density at radius 1 is 1.28 bits per heavy atom. The molecule has 0 fully saturated rings. The van der Waals surface area contributed by atoms with Crippen LogP contribution in [0.3, 0.4) is 0 Å². The number of hydrogen-bond acceptors (Lipinski definition) is 5. The van der Waals surface area contributed by atoms with Crippen LogP contribution in [0.25, 0.3) is 0 Å². The molecule has 1 rings (SSSR count). The molecule has 0 amide bonds. The van der Waals surface area contributed by atoms with Crippen LogP contribution < -0.4 is 0 Å². The maximum Gasteiger partial charge on any atom is 0.363 e. The summed E-state index contributed by atoms with van der Waals surface area (Å²) in [6, 6.07) is 6.37. The minimum atomic E-state index is -3.40. The van der Waals surface area contributed by atoms with Crippen molar-refractivity contribution in [1.29, 1.82) is 0 Å². The van der Waals surface area contributed by atoms with Gasteiger partial charge >= 0.3 is 7.60 Å². The van der Waals surface area contributed by atoms with Crippen LogP contribution in [0.1, 0.15) is 25.3 Å². The van der Waals surface area contributed by atoms with Crippen LogP contribution in [0, 0.1) is 0 Å². The molecule has 5 nitrogen and oxygen atoms in total. The number of benzene rings is 1. The van der Waals surface area contributed by atoms with Gasteiger partial charge in [-0.25, -0.2) is 0 Å². The van der Waals surface area contributed by atoms with Crippen molar-refractivity contribution in [2.45, 2.75) is 19.7 Å². The van der Waals surface area contributed by atoms with Gasteiger partial charge in [-0.15, -0.1) is 0 Å². The number of aromatic hydroxyl groups is 1. The lowest BCUT2D eigenvalue weighted by Gasteiger charge is -2.25. The monoisotopic (exact) mass is 274 g/mol. The maximum atomic E-state index is 12.6. The summed E-state index contributed by atoms with van der Waals surface area (Å²) in [4.78, 5) is 0. The largest absolute Gasteiger partial charge is 0.508 e. The quantitative estimate of drug-likeness (QED) is 0.773. The lowest BCUT2D eigenvalue weighted by molar-refractivity contribution is 0.109. The fraction of sp³-hybridized carbons (Fsp3) is 0.500. The SMILES string of the molecule is CCOP(=O)(OCC)C(OC)c1cccc(O)c1. The van der Waals surface area contributed by atoms with E-state index in [-0.39, 0.29) is 19.0 Å². The molecule has 0 aromatic heterocycles. The zero-order valence-corrected chi connectivity index (χ0v) is 11.7. The van der Waals surface area contributed by atoms with Crippen molar-refractivity contribution in [2.24, 2.45) is 0 Å². The van der Waals surface area contributed by atoms with Gasteiger partial charge in [-0.1, -0.05) is 12.1 Å². The normalized spacial score (nSPS) is 13.5. The number of rotatable bonds is 7. The highest BCUT2D eigenvalue weighted by Crippen LogP contribution is 2.61. The molecular formula is C12H19O5P. The Balaban J connectivity index is 3.09. The van der Waals surface area contributed by atoms with Crippen LogP contribution in [0.4, 0.5) is 0 Å². The third kappa shape index (κ3) is 3.56. The molecule has 0 radical (unpaired) electrons. The predicted molar refractivity (Wildman–Crippen MR) is 68.7 cm³/mol. The molecule has 18 heavy (non-hydrogen) atoms. The van der Waals surface area contributed by atoms with Crippen LogP contribution in [0.5, 0.6) is 5.75 Å². The van der Waals surface area contributed by atoms with Crippen molar-refractivity contribution >= 4 is 7.60 Å². The third-order valence-electron chi connectivity index (χ3n) is 2.28. The lowest BCUT2D eigenvalue weighted by Crippen LogP contribution is -2.08. The van der Waals surface area contributed by atoms with Gasteiger partial charge in [0.2, 0.25) is 0 Å². The summed E-state index contributed by atoms with van der Waals surface area (Å²) in [5, 5.41) is 9.46. The molecule has 0 heterocycles. The van der Waals surface area contributed by atoms with E-state index in [4.69, 9.17) is 13.8 Å². The van der Waals surface area contributed by atoms with Crippen molar-refractivity contribution in [2.75, 3.05) is 20.3 Å². The van der Waals surface area contributed by atoms with E-state index < -0.39 is 13.4 Å². The van der Waals surface area contributed by atoms with Crippen LogP contribution in [-0.2, 0) is 18.3 Å². The number of methoxy groups -OCH3 is 1. The molecule has 1 aromatic carbocycles. The highest BCUT2D eigenvalue weighted by molar-refractivity contribution is 7.54. The van der Waals surface area contributed by atoms with E-state index in [9.17, 15) is 9.67 Å². The van der Waals surface area contributed by atoms with Crippen molar-refractivity contribution in [3.8, 4) is 5.75 Å². The average Bonchev–Trinajstić information content (AvgIpc) is 2.30. The summed E-state index contributed by atoms with van der Waals surface area (Å²) in [5.41, 5.74) is 0.558. The summed E-state index contributed by atoms with van der Waals surface area (Å²) in [6.45, 7) is 3.99. The van der Waals surface area contributed by atoms with Crippen LogP contribution in [0.15, 0.2) is 24.3 Å². The zero-order valence-electron chi connectivity index (χ0n) is 10.8. The van der Waals surface area contributed by atoms with E-state index in [1.54, 1.807) is 26.0 Å². The van der Waals surface area contributed by atoms with E-state index in [0.717, 1.165) is 0 Å². The molecule has 1 atom stereocenters. The molecule has 6 heteroatoms. The zero-order chi connectivity index (χ0) is 13.6. The number of phenols is 1. The smallest absolute Gasteiger partial charge is 0.363 e. The first-order valence-corrected chi connectivity index (χ1v) is 7.39. The topological polar surface area (TPSA) is 65.0 Å². The van der Waals surface area contributed by atoms with Gasteiger partial charge in [0, 0.05) is 7.11 Å². The van der Waals surface area contributed by atoms with Gasteiger partial charge in [-0.3, -0.25) is 4.57 Å². The molecular weight excluding hydrogens is 255 g/mol. The Morgan fingerprint density at radius 2 is 1.89 bits per heavy atom. The van der Waals surface area contributed by atoms with Gasteiger partial charge in [0.05, 0.1) is 13.2 Å². The Labute approximate surface area is 107 Å². The summed E-state index contributed by atoms with van der Waals surface area (Å²) >= 11 is 0. The second kappa shape index (κ2) is 6.90. The number of phenolic OH excluding ortho intramolecular Hbond substituents is 1. The van der Waals surface area contributed by atoms with Gasteiger partial charge in [0.15, 0.2) is 5.85 Å². The highest BCUT2D eigenvalue weighted by Gasteiger charge is 2.37. The summed E-state index contributed by atoms with van der Waals surface area (Å²) in [6.07, 6.45) is 0. The molecule has 0 spiro atoms. The van der Waals surface area contributed by atoms with Gasteiger partial charge in [-0.05, 0) is 31.5 Å². The van der Waals surface area contributed by atoms with E-state index >= 15 is 0 Å². The number of hydrogen-bond donors (Lipinski definition) is 1. The van der Waals surface area contributed by atoms with E-state index in [2.05, 4.69) is 0 Å². The van der Waals surface area contributed by atoms with E-state index in [1.165, 1.54) is 19.2 Å². The summed E-state index contributed by atoms with van der Waals surface area (Å²) in [7, 11) is -1.97. The Bertz CT molecular complexity index is 411. The Hall–Kier alpha value is -0.870. The molecule has 1 aromatic rings. The summed E-state index contributed by atoms with van der Waals surface area (Å²) in [5.74, 6) is -0.765.